The molecule has 0 aliphatic heterocycles. The maximum Gasteiger partial charge on any atom is 0.189 e. The molecule has 0 spiro atoms. The monoisotopic (exact) mass is 304 g/mol. The smallest absolute Gasteiger partial charge is 0.189 e. The lowest BCUT2D eigenvalue weighted by molar-refractivity contribution is 0.0147. The summed E-state index contributed by atoms with van der Waals surface area (Å²) in [4.78, 5) is 0. The first-order chi connectivity index (χ1) is 10.9. The number of hydrogen-bond donors (Lipinski definition) is 0. The normalized spacial score (nSPS) is 10.8. The van der Waals surface area contributed by atoms with Crippen LogP contribution in [0.3, 0.4) is 0 Å². The van der Waals surface area contributed by atoms with Gasteiger partial charge in [-0.25, -0.2) is 0 Å². The summed E-state index contributed by atoms with van der Waals surface area (Å²) < 4.78 is 22.2. The second-order valence-corrected chi connectivity index (χ2v) is 4.95. The van der Waals surface area contributed by atoms with Gasteiger partial charge >= 0.3 is 0 Å². The van der Waals surface area contributed by atoms with Crippen molar-refractivity contribution < 1.29 is 18.9 Å². The third-order valence-electron chi connectivity index (χ3n) is 3.14. The standard InChI is InChI=1S/C18H24O4/c1-3-11-19-13-21-17-9-10-18(22-14-20-12-4-2)16-8-6-5-7-15(16)17/h5-10H,3-4,11-14H2,1-2H3. The number of hydrogen-bond acceptors (Lipinski definition) is 4. The summed E-state index contributed by atoms with van der Waals surface area (Å²) >= 11 is 0. The average Bonchev–Trinajstić information content (AvgIpc) is 2.56. The number of benzene rings is 2. The van der Waals surface area contributed by atoms with Gasteiger partial charge in [-0.3, -0.25) is 0 Å². The molecule has 0 radical (unpaired) electrons. The van der Waals surface area contributed by atoms with E-state index in [-0.39, 0.29) is 13.6 Å². The van der Waals surface area contributed by atoms with Crippen molar-refractivity contribution >= 4 is 10.8 Å². The van der Waals surface area contributed by atoms with Crippen LogP contribution in [0.1, 0.15) is 26.7 Å². The van der Waals surface area contributed by atoms with Crippen LogP contribution in [-0.4, -0.2) is 26.8 Å². The number of rotatable bonds is 10. The molecule has 4 nitrogen and oxygen atoms in total. The SMILES string of the molecule is CCCOCOc1ccc(OCOCCC)c2ccccc12. The Balaban J connectivity index is 2.08. The molecule has 0 atom stereocenters. The molecule has 4 heteroatoms. The van der Waals surface area contributed by atoms with Crippen molar-refractivity contribution in [1.82, 2.24) is 0 Å². The summed E-state index contributed by atoms with van der Waals surface area (Å²) in [6.07, 6.45) is 1.96. The van der Waals surface area contributed by atoms with Crippen molar-refractivity contribution in [2.75, 3.05) is 26.8 Å². The van der Waals surface area contributed by atoms with E-state index >= 15 is 0 Å². The fourth-order valence-corrected chi connectivity index (χ4v) is 2.11. The Kier molecular flexibility index (Phi) is 7.00. The largest absolute Gasteiger partial charge is 0.467 e. The molecule has 0 bridgehead atoms. The Hall–Kier alpha value is -1.78. The third-order valence-corrected chi connectivity index (χ3v) is 3.14. The first-order valence-electron chi connectivity index (χ1n) is 7.79. The van der Waals surface area contributed by atoms with E-state index in [9.17, 15) is 0 Å². The van der Waals surface area contributed by atoms with Gasteiger partial charge in [0, 0.05) is 10.8 Å². The molecule has 22 heavy (non-hydrogen) atoms. The van der Waals surface area contributed by atoms with Gasteiger partial charge in [-0.15, -0.1) is 0 Å². The molecule has 0 fully saturated rings. The Bertz CT molecular complexity index is 518. The predicted octanol–water partition coefficient (Wildman–Crippen LogP) is 4.37. The first kappa shape index (κ1) is 16.6. The Morgan fingerprint density at radius 1 is 0.682 bits per heavy atom. The Morgan fingerprint density at radius 3 is 1.55 bits per heavy atom. The summed E-state index contributed by atoms with van der Waals surface area (Å²) in [6, 6.07) is 11.8. The second kappa shape index (κ2) is 9.28. The minimum atomic E-state index is 0.262. The van der Waals surface area contributed by atoms with Crippen LogP contribution in [-0.2, 0) is 9.47 Å². The zero-order valence-corrected chi connectivity index (χ0v) is 13.3. The zero-order chi connectivity index (χ0) is 15.6. The fourth-order valence-electron chi connectivity index (χ4n) is 2.11. The molecule has 0 N–H and O–H groups in total. The molecule has 0 unspecified atom stereocenters. The van der Waals surface area contributed by atoms with E-state index in [1.807, 2.05) is 36.4 Å². The van der Waals surface area contributed by atoms with Crippen LogP contribution < -0.4 is 9.47 Å². The molecular weight excluding hydrogens is 280 g/mol. The van der Waals surface area contributed by atoms with Crippen molar-refractivity contribution in [1.29, 1.82) is 0 Å². The van der Waals surface area contributed by atoms with E-state index in [1.54, 1.807) is 0 Å². The van der Waals surface area contributed by atoms with E-state index < -0.39 is 0 Å². The van der Waals surface area contributed by atoms with Crippen LogP contribution in [0, 0.1) is 0 Å². The number of ether oxygens (including phenoxy) is 4. The van der Waals surface area contributed by atoms with Crippen LogP contribution in [0.15, 0.2) is 36.4 Å². The minimum absolute atomic E-state index is 0.262. The van der Waals surface area contributed by atoms with Gasteiger partial charge in [0.1, 0.15) is 11.5 Å². The summed E-state index contributed by atoms with van der Waals surface area (Å²) in [5.74, 6) is 1.60. The van der Waals surface area contributed by atoms with Gasteiger partial charge in [0.25, 0.3) is 0 Å². The van der Waals surface area contributed by atoms with Crippen molar-refractivity contribution in [2.24, 2.45) is 0 Å². The van der Waals surface area contributed by atoms with Gasteiger partial charge < -0.3 is 18.9 Å². The average molecular weight is 304 g/mol. The topological polar surface area (TPSA) is 36.9 Å². The molecule has 120 valence electrons. The predicted molar refractivity (Wildman–Crippen MR) is 87.4 cm³/mol. The molecule has 0 amide bonds. The summed E-state index contributed by atoms with van der Waals surface area (Å²) in [6.45, 7) is 6.07. The molecule has 0 aliphatic rings. The second-order valence-electron chi connectivity index (χ2n) is 4.95. The molecule has 0 aromatic heterocycles. The number of fused-ring (bicyclic) bond motifs is 1. The lowest BCUT2D eigenvalue weighted by Gasteiger charge is -2.13. The molecule has 2 aromatic rings. The van der Waals surface area contributed by atoms with Crippen LogP contribution in [0.25, 0.3) is 10.8 Å². The van der Waals surface area contributed by atoms with Crippen molar-refractivity contribution in [2.45, 2.75) is 26.7 Å². The zero-order valence-electron chi connectivity index (χ0n) is 13.3. The van der Waals surface area contributed by atoms with Crippen LogP contribution in [0.5, 0.6) is 11.5 Å². The van der Waals surface area contributed by atoms with Crippen LogP contribution >= 0.6 is 0 Å². The highest BCUT2D eigenvalue weighted by molar-refractivity contribution is 5.93. The molecule has 0 saturated heterocycles. The maximum atomic E-state index is 5.71. The van der Waals surface area contributed by atoms with E-state index in [4.69, 9.17) is 18.9 Å². The van der Waals surface area contributed by atoms with Crippen LogP contribution in [0.2, 0.25) is 0 Å². The quantitative estimate of drug-likeness (QED) is 0.482. The van der Waals surface area contributed by atoms with Crippen molar-refractivity contribution in [3.8, 4) is 11.5 Å². The lowest BCUT2D eigenvalue weighted by Crippen LogP contribution is -2.05. The van der Waals surface area contributed by atoms with Crippen molar-refractivity contribution in [3.05, 3.63) is 36.4 Å². The first-order valence-corrected chi connectivity index (χ1v) is 7.79. The van der Waals surface area contributed by atoms with Gasteiger partial charge in [-0.05, 0) is 25.0 Å². The molecule has 2 rings (SSSR count). The van der Waals surface area contributed by atoms with E-state index in [1.165, 1.54) is 0 Å². The molecule has 0 heterocycles. The lowest BCUT2D eigenvalue weighted by atomic mass is 10.1. The Morgan fingerprint density at radius 2 is 1.14 bits per heavy atom. The van der Waals surface area contributed by atoms with E-state index in [0.29, 0.717) is 13.2 Å². The van der Waals surface area contributed by atoms with Gasteiger partial charge in [0.05, 0.1) is 13.2 Å². The van der Waals surface area contributed by atoms with Crippen LogP contribution in [0.4, 0.5) is 0 Å². The summed E-state index contributed by atoms with van der Waals surface area (Å²) in [7, 11) is 0. The highest BCUT2D eigenvalue weighted by Gasteiger charge is 2.07. The van der Waals surface area contributed by atoms with Gasteiger partial charge in [0.2, 0.25) is 0 Å². The van der Waals surface area contributed by atoms with Gasteiger partial charge in [-0.1, -0.05) is 38.1 Å². The minimum Gasteiger partial charge on any atom is -0.467 e. The van der Waals surface area contributed by atoms with Gasteiger partial charge in [-0.2, -0.15) is 0 Å². The summed E-state index contributed by atoms with van der Waals surface area (Å²) in [5.41, 5.74) is 0. The van der Waals surface area contributed by atoms with E-state index in [0.717, 1.165) is 35.1 Å². The summed E-state index contributed by atoms with van der Waals surface area (Å²) in [5, 5.41) is 2.02. The molecule has 2 aromatic carbocycles. The highest BCUT2D eigenvalue weighted by atomic mass is 16.7. The third kappa shape index (κ3) is 4.61. The van der Waals surface area contributed by atoms with Gasteiger partial charge in [0.15, 0.2) is 13.6 Å². The Labute approximate surface area is 131 Å². The molecule has 0 aliphatic carbocycles. The maximum absolute atomic E-state index is 5.71. The molecular formula is C18H24O4. The van der Waals surface area contributed by atoms with E-state index in [2.05, 4.69) is 13.8 Å². The highest BCUT2D eigenvalue weighted by Crippen LogP contribution is 2.33. The van der Waals surface area contributed by atoms with Crippen molar-refractivity contribution in [3.63, 3.8) is 0 Å². The fraction of sp³-hybridized carbons (Fsp3) is 0.444. The molecule has 0 saturated carbocycles.